The van der Waals surface area contributed by atoms with Crippen LogP contribution < -0.4 is 4.90 Å². The first-order chi connectivity index (χ1) is 18.0. The van der Waals surface area contributed by atoms with E-state index in [4.69, 9.17) is 21.1 Å². The highest BCUT2D eigenvalue weighted by molar-refractivity contribution is 6.34. The number of cyclic esters (lactones) is 1. The van der Waals surface area contributed by atoms with Crippen LogP contribution in [-0.4, -0.2) is 65.3 Å². The van der Waals surface area contributed by atoms with Gasteiger partial charge in [-0.05, 0) is 23.8 Å². The van der Waals surface area contributed by atoms with Crippen molar-refractivity contribution in [2.75, 3.05) is 24.7 Å². The normalized spacial score (nSPS) is 31.4. The Labute approximate surface area is 218 Å². The Hall–Kier alpha value is -3.46. The van der Waals surface area contributed by atoms with Crippen LogP contribution in [0.3, 0.4) is 0 Å². The minimum atomic E-state index is -1.43. The average Bonchev–Trinajstić information content (AvgIpc) is 3.20. The van der Waals surface area contributed by atoms with Crippen molar-refractivity contribution in [2.24, 2.45) is 11.8 Å². The van der Waals surface area contributed by atoms with Gasteiger partial charge in [0.2, 0.25) is 5.91 Å². The molecule has 1 unspecified atom stereocenters. The van der Waals surface area contributed by atoms with E-state index in [9.17, 15) is 19.5 Å². The number of hydrogen-bond acceptors (Lipinski definition) is 6. The molecule has 4 heterocycles. The lowest BCUT2D eigenvalue weighted by molar-refractivity contribution is -0.153. The molecule has 0 aromatic heterocycles. The first-order valence-corrected chi connectivity index (χ1v) is 12.6. The molecule has 2 amide bonds. The lowest BCUT2D eigenvalue weighted by Crippen LogP contribution is -2.56. The van der Waals surface area contributed by atoms with Gasteiger partial charge in [-0.25, -0.2) is 0 Å². The Kier molecular flexibility index (Phi) is 5.90. The van der Waals surface area contributed by atoms with Crippen LogP contribution >= 0.6 is 11.6 Å². The molecule has 6 atom stereocenters. The van der Waals surface area contributed by atoms with Gasteiger partial charge >= 0.3 is 5.97 Å². The summed E-state index contributed by atoms with van der Waals surface area (Å²) >= 11 is 6.48. The summed E-state index contributed by atoms with van der Waals surface area (Å²) in [7, 11) is 0. The highest BCUT2D eigenvalue weighted by Crippen LogP contribution is 2.55. The van der Waals surface area contributed by atoms with E-state index >= 15 is 0 Å². The Balaban J connectivity index is 1.53. The number of aliphatic hydroxyl groups excluding tert-OH is 1. The predicted molar refractivity (Wildman–Crippen MR) is 135 cm³/mol. The molecule has 1 N–H and O–H groups in total. The number of para-hydroxylation sites is 1. The Morgan fingerprint density at radius 2 is 1.78 bits per heavy atom. The van der Waals surface area contributed by atoms with Gasteiger partial charge in [-0.3, -0.25) is 14.4 Å². The number of anilines is 1. The molecule has 2 fully saturated rings. The van der Waals surface area contributed by atoms with Gasteiger partial charge in [0, 0.05) is 6.54 Å². The zero-order valence-corrected chi connectivity index (χ0v) is 20.5. The quantitative estimate of drug-likeness (QED) is 0.492. The van der Waals surface area contributed by atoms with Gasteiger partial charge < -0.3 is 24.4 Å². The number of halogens is 1. The maximum atomic E-state index is 14.4. The molecule has 0 bridgehead atoms. The standard InChI is InChI=1S/C28H25ClN2O6/c29-18-10-4-5-11-19(18)30-14-7-13-28-23(22-21(37-28)12-6-15-36-27(22)35)25(33)31(24(28)26(30)34)20(16-32)17-8-2-1-3-9-17/h1-13,20-24,32H,14-16H2/t20-,21+,22-,23+,24?,28+/m1/s1. The second-order valence-electron chi connectivity index (χ2n) is 9.56. The van der Waals surface area contributed by atoms with Gasteiger partial charge in [0.05, 0.1) is 35.4 Å². The van der Waals surface area contributed by atoms with Crippen molar-refractivity contribution < 1.29 is 29.0 Å². The smallest absolute Gasteiger partial charge is 0.313 e. The number of rotatable bonds is 4. The average molecular weight is 521 g/mol. The van der Waals surface area contributed by atoms with E-state index in [0.29, 0.717) is 16.3 Å². The van der Waals surface area contributed by atoms with Crippen molar-refractivity contribution >= 4 is 35.1 Å². The number of likely N-dealkylation sites (tertiary alicyclic amines) is 1. The van der Waals surface area contributed by atoms with Crippen molar-refractivity contribution in [1.29, 1.82) is 0 Å². The monoisotopic (exact) mass is 520 g/mol. The van der Waals surface area contributed by atoms with E-state index < -0.39 is 60.0 Å². The molecule has 0 aliphatic carbocycles. The molecule has 9 heteroatoms. The van der Waals surface area contributed by atoms with Gasteiger partial charge in [-0.2, -0.15) is 0 Å². The predicted octanol–water partition coefficient (Wildman–Crippen LogP) is 2.67. The second-order valence-corrected chi connectivity index (χ2v) is 9.96. The van der Waals surface area contributed by atoms with E-state index in [2.05, 4.69) is 0 Å². The molecule has 2 saturated heterocycles. The van der Waals surface area contributed by atoms with E-state index in [1.807, 2.05) is 6.07 Å². The van der Waals surface area contributed by atoms with Gasteiger partial charge in [0.15, 0.2) is 0 Å². The van der Waals surface area contributed by atoms with Crippen LogP contribution in [0.15, 0.2) is 78.9 Å². The first-order valence-electron chi connectivity index (χ1n) is 12.2. The fourth-order valence-electron chi connectivity index (χ4n) is 6.16. The third-order valence-electron chi connectivity index (χ3n) is 7.69. The highest BCUT2D eigenvalue weighted by atomic mass is 35.5. The summed E-state index contributed by atoms with van der Waals surface area (Å²) in [5.41, 5.74) is -0.264. The van der Waals surface area contributed by atoms with Gasteiger partial charge in [-0.1, -0.05) is 72.3 Å². The molecular weight excluding hydrogens is 496 g/mol. The molecule has 37 heavy (non-hydrogen) atoms. The second kappa shape index (κ2) is 9.13. The summed E-state index contributed by atoms with van der Waals surface area (Å²) in [5.74, 6) is -3.30. The van der Waals surface area contributed by atoms with E-state index in [1.54, 1.807) is 72.8 Å². The number of carbonyl (C=O) groups excluding carboxylic acids is 3. The molecule has 2 aromatic carbocycles. The van der Waals surface area contributed by atoms with Crippen LogP contribution in [0.1, 0.15) is 11.6 Å². The summed E-state index contributed by atoms with van der Waals surface area (Å²) in [6.07, 6.45) is 6.22. The maximum Gasteiger partial charge on any atom is 0.313 e. The summed E-state index contributed by atoms with van der Waals surface area (Å²) in [6, 6.07) is 14.1. The molecule has 8 nitrogen and oxygen atoms in total. The zero-order chi connectivity index (χ0) is 25.7. The lowest BCUT2D eigenvalue weighted by Gasteiger charge is -2.38. The molecule has 0 radical (unpaired) electrons. The van der Waals surface area contributed by atoms with Crippen molar-refractivity contribution in [3.63, 3.8) is 0 Å². The zero-order valence-electron chi connectivity index (χ0n) is 19.8. The third-order valence-corrected chi connectivity index (χ3v) is 8.01. The summed E-state index contributed by atoms with van der Waals surface area (Å²) in [4.78, 5) is 44.7. The minimum absolute atomic E-state index is 0.0918. The van der Waals surface area contributed by atoms with Crippen molar-refractivity contribution in [2.45, 2.75) is 23.8 Å². The molecule has 1 spiro atoms. The number of hydrogen-bond donors (Lipinski definition) is 1. The molecular formula is C28H25ClN2O6. The SMILES string of the molecule is O=C1OCC=C[C@@H]2O[C@]34C=CCN(c5ccccc5Cl)C(=O)C3N([C@H](CO)c3ccccc3)C(=O)[C@@H]4[C@H]12. The molecule has 2 aromatic rings. The van der Waals surface area contributed by atoms with Gasteiger partial charge in [0.25, 0.3) is 5.91 Å². The Bertz CT molecular complexity index is 1310. The van der Waals surface area contributed by atoms with Gasteiger partial charge in [0.1, 0.15) is 24.2 Å². The number of aliphatic hydroxyl groups is 1. The molecule has 0 saturated carbocycles. The summed E-state index contributed by atoms with van der Waals surface area (Å²) in [5, 5.41) is 10.9. The van der Waals surface area contributed by atoms with Crippen molar-refractivity contribution in [3.8, 4) is 0 Å². The molecule has 4 aliphatic heterocycles. The number of carbonyl (C=O) groups is 3. The number of fused-ring (bicyclic) bond motifs is 2. The largest absolute Gasteiger partial charge is 0.461 e. The van der Waals surface area contributed by atoms with Crippen LogP contribution in [0, 0.1) is 11.8 Å². The van der Waals surface area contributed by atoms with Crippen LogP contribution in [0.4, 0.5) is 5.69 Å². The van der Waals surface area contributed by atoms with Crippen LogP contribution in [0.5, 0.6) is 0 Å². The van der Waals surface area contributed by atoms with Crippen LogP contribution in [0.25, 0.3) is 0 Å². The fraction of sp³-hybridized carbons (Fsp3) is 0.321. The lowest BCUT2D eigenvalue weighted by atomic mass is 9.78. The maximum absolute atomic E-state index is 14.4. The number of esters is 1. The van der Waals surface area contributed by atoms with Crippen LogP contribution in [-0.2, 0) is 23.9 Å². The van der Waals surface area contributed by atoms with Gasteiger partial charge in [-0.15, -0.1) is 0 Å². The van der Waals surface area contributed by atoms with E-state index in [1.165, 1.54) is 9.80 Å². The molecule has 4 aliphatic rings. The number of ether oxygens (including phenoxy) is 2. The number of nitrogens with zero attached hydrogens (tertiary/aromatic N) is 2. The van der Waals surface area contributed by atoms with Crippen LogP contribution in [0.2, 0.25) is 5.02 Å². The van der Waals surface area contributed by atoms with Crippen molar-refractivity contribution in [1.82, 2.24) is 4.90 Å². The topological polar surface area (TPSA) is 96.4 Å². The Morgan fingerprint density at radius 3 is 2.54 bits per heavy atom. The summed E-state index contributed by atoms with van der Waals surface area (Å²) in [6.45, 7) is -0.130. The number of amides is 2. The number of benzene rings is 2. The molecule has 6 rings (SSSR count). The summed E-state index contributed by atoms with van der Waals surface area (Å²) < 4.78 is 11.9. The first kappa shape index (κ1) is 23.9. The fourth-order valence-corrected chi connectivity index (χ4v) is 6.40. The molecule has 190 valence electrons. The van der Waals surface area contributed by atoms with E-state index in [0.717, 1.165) is 0 Å². The third kappa shape index (κ3) is 3.54. The minimum Gasteiger partial charge on any atom is -0.461 e. The highest BCUT2D eigenvalue weighted by Gasteiger charge is 2.72. The van der Waals surface area contributed by atoms with Crippen molar-refractivity contribution in [3.05, 3.63) is 89.5 Å². The Morgan fingerprint density at radius 1 is 1.03 bits per heavy atom. The van der Waals surface area contributed by atoms with E-state index in [-0.39, 0.29) is 13.2 Å².